The molecule has 0 spiro atoms. The summed E-state index contributed by atoms with van der Waals surface area (Å²) in [6.07, 6.45) is 0. The molecule has 0 aliphatic carbocycles. The van der Waals surface area contributed by atoms with Gasteiger partial charge in [-0.15, -0.1) is 0 Å². The topological polar surface area (TPSA) is 76.1 Å². The van der Waals surface area contributed by atoms with Crippen LogP contribution in [0.4, 0.5) is 0 Å². The highest BCUT2D eigenvalue weighted by atomic mass is 35.5. The molecular formula is C27H23Cl2NO5. The van der Waals surface area contributed by atoms with Crippen LogP contribution in [0, 0.1) is 0 Å². The third-order valence-electron chi connectivity index (χ3n) is 5.76. The van der Waals surface area contributed by atoms with Crippen LogP contribution in [0.1, 0.15) is 29.7 Å². The second kappa shape index (κ2) is 10.4. The highest BCUT2D eigenvalue weighted by molar-refractivity contribution is 6.47. The van der Waals surface area contributed by atoms with Crippen molar-refractivity contribution < 1.29 is 24.2 Å². The molecule has 0 aromatic heterocycles. The predicted molar refractivity (Wildman–Crippen MR) is 135 cm³/mol. The summed E-state index contributed by atoms with van der Waals surface area (Å²) in [5.41, 5.74) is 1.46. The highest BCUT2D eigenvalue weighted by Gasteiger charge is 2.46. The first-order chi connectivity index (χ1) is 16.8. The molecule has 3 aromatic rings. The van der Waals surface area contributed by atoms with Crippen molar-refractivity contribution in [1.82, 2.24) is 4.90 Å². The molecule has 8 heteroatoms. The number of para-hydroxylation sites is 1. The van der Waals surface area contributed by atoms with E-state index in [1.165, 1.54) is 12.0 Å². The summed E-state index contributed by atoms with van der Waals surface area (Å²) in [6.45, 7) is 2.33. The van der Waals surface area contributed by atoms with E-state index >= 15 is 0 Å². The van der Waals surface area contributed by atoms with Crippen molar-refractivity contribution >= 4 is 40.7 Å². The molecule has 0 saturated carbocycles. The van der Waals surface area contributed by atoms with Crippen molar-refractivity contribution in [3.05, 3.63) is 99.0 Å². The van der Waals surface area contributed by atoms with Gasteiger partial charge in [0.25, 0.3) is 11.7 Å². The number of Topliss-reactive ketones (excluding diaryl/α,β-unsaturated/α-hetero) is 1. The maximum absolute atomic E-state index is 13.3. The SMILES string of the molecule is CCOc1ccc(Cl)c(/C(O)=C2\C(=O)C(=O)N(Cc3ccccc3OC)C2c2ccc(Cl)cc2)c1. The zero-order chi connectivity index (χ0) is 25.1. The molecule has 1 amide bonds. The second-order valence-electron chi connectivity index (χ2n) is 7.87. The van der Waals surface area contributed by atoms with Crippen LogP contribution in [0.25, 0.3) is 5.76 Å². The van der Waals surface area contributed by atoms with Gasteiger partial charge in [-0.2, -0.15) is 0 Å². The maximum atomic E-state index is 13.3. The van der Waals surface area contributed by atoms with Gasteiger partial charge in [0.1, 0.15) is 17.3 Å². The number of carbonyl (C=O) groups excluding carboxylic acids is 2. The Kier molecular flexibility index (Phi) is 7.34. The fraction of sp³-hybridized carbons (Fsp3) is 0.185. The van der Waals surface area contributed by atoms with Gasteiger partial charge in [-0.05, 0) is 48.9 Å². The van der Waals surface area contributed by atoms with Crippen LogP contribution in [0.3, 0.4) is 0 Å². The molecule has 1 N–H and O–H groups in total. The molecular weight excluding hydrogens is 489 g/mol. The normalized spacial score (nSPS) is 17.0. The molecule has 1 aliphatic heterocycles. The van der Waals surface area contributed by atoms with Crippen molar-refractivity contribution in [2.45, 2.75) is 19.5 Å². The van der Waals surface area contributed by atoms with Gasteiger partial charge in [0.2, 0.25) is 0 Å². The van der Waals surface area contributed by atoms with E-state index in [0.717, 1.165) is 0 Å². The number of rotatable bonds is 7. The predicted octanol–water partition coefficient (Wildman–Crippen LogP) is 6.02. The molecule has 1 heterocycles. The number of hydrogen-bond donors (Lipinski definition) is 1. The summed E-state index contributed by atoms with van der Waals surface area (Å²) in [5, 5.41) is 12.1. The molecule has 0 radical (unpaired) electrons. The Bertz CT molecular complexity index is 1300. The van der Waals surface area contributed by atoms with Crippen LogP contribution < -0.4 is 9.47 Å². The van der Waals surface area contributed by atoms with E-state index < -0.39 is 17.7 Å². The van der Waals surface area contributed by atoms with E-state index in [1.54, 1.807) is 48.5 Å². The Morgan fingerprint density at radius 1 is 1.03 bits per heavy atom. The van der Waals surface area contributed by atoms with Crippen LogP contribution in [-0.2, 0) is 16.1 Å². The monoisotopic (exact) mass is 511 g/mol. The molecule has 1 unspecified atom stereocenters. The molecule has 4 rings (SSSR count). The highest BCUT2D eigenvalue weighted by Crippen LogP contribution is 2.42. The van der Waals surface area contributed by atoms with Gasteiger partial charge in [-0.25, -0.2) is 0 Å². The molecule has 0 bridgehead atoms. The van der Waals surface area contributed by atoms with Crippen molar-refractivity contribution in [2.75, 3.05) is 13.7 Å². The first-order valence-corrected chi connectivity index (χ1v) is 11.7. The fourth-order valence-electron chi connectivity index (χ4n) is 4.14. The third-order valence-corrected chi connectivity index (χ3v) is 6.34. The van der Waals surface area contributed by atoms with E-state index in [2.05, 4.69) is 0 Å². The minimum atomic E-state index is -0.871. The number of benzene rings is 3. The Morgan fingerprint density at radius 2 is 1.74 bits per heavy atom. The van der Waals surface area contributed by atoms with Crippen molar-refractivity contribution in [2.24, 2.45) is 0 Å². The van der Waals surface area contributed by atoms with Gasteiger partial charge < -0.3 is 19.5 Å². The summed E-state index contributed by atoms with van der Waals surface area (Å²) >= 11 is 12.5. The first kappa shape index (κ1) is 24.6. The van der Waals surface area contributed by atoms with Crippen LogP contribution in [0.5, 0.6) is 11.5 Å². The standard InChI is InChI=1S/C27H23Cl2NO5/c1-3-35-19-12-13-21(29)20(14-19)25(31)23-24(16-8-10-18(28)11-9-16)30(27(33)26(23)32)15-17-6-4-5-7-22(17)34-2/h4-14,24,31H,3,15H2,1-2H3/b25-23+. The Morgan fingerprint density at radius 3 is 2.43 bits per heavy atom. The molecule has 6 nitrogen and oxygen atoms in total. The van der Waals surface area contributed by atoms with Crippen molar-refractivity contribution in [3.63, 3.8) is 0 Å². The number of likely N-dealkylation sites (tertiary alicyclic amines) is 1. The smallest absolute Gasteiger partial charge is 0.295 e. The number of amides is 1. The Hall–Kier alpha value is -3.48. The van der Waals surface area contributed by atoms with Crippen LogP contribution in [0.15, 0.2) is 72.3 Å². The Balaban J connectivity index is 1.89. The molecule has 1 aliphatic rings. The molecule has 1 saturated heterocycles. The summed E-state index contributed by atoms with van der Waals surface area (Å²) in [7, 11) is 1.54. The van der Waals surface area contributed by atoms with E-state index in [1.807, 2.05) is 25.1 Å². The lowest BCUT2D eigenvalue weighted by Crippen LogP contribution is -2.29. The molecule has 3 aromatic carbocycles. The number of ether oxygens (including phenoxy) is 2. The van der Waals surface area contributed by atoms with Crippen LogP contribution >= 0.6 is 23.2 Å². The van der Waals surface area contributed by atoms with Gasteiger partial charge in [0.05, 0.1) is 36.9 Å². The Labute approximate surface area is 213 Å². The average molecular weight is 512 g/mol. The number of carbonyl (C=O) groups is 2. The zero-order valence-corrected chi connectivity index (χ0v) is 20.6. The van der Waals surface area contributed by atoms with Gasteiger partial charge >= 0.3 is 0 Å². The lowest BCUT2D eigenvalue weighted by Gasteiger charge is -2.26. The van der Waals surface area contributed by atoms with Crippen molar-refractivity contribution in [3.8, 4) is 11.5 Å². The number of ketones is 1. The summed E-state index contributed by atoms with van der Waals surface area (Å²) < 4.78 is 11.0. The van der Waals surface area contributed by atoms with Crippen LogP contribution in [0.2, 0.25) is 10.0 Å². The second-order valence-corrected chi connectivity index (χ2v) is 8.71. The molecule has 1 atom stereocenters. The van der Waals surface area contributed by atoms with Gasteiger partial charge in [-0.3, -0.25) is 9.59 Å². The number of methoxy groups -OCH3 is 1. The number of hydrogen-bond acceptors (Lipinski definition) is 5. The summed E-state index contributed by atoms with van der Waals surface area (Å²) in [4.78, 5) is 28.0. The summed E-state index contributed by atoms with van der Waals surface area (Å²) in [5.74, 6) is -0.872. The average Bonchev–Trinajstić information content (AvgIpc) is 3.10. The van der Waals surface area contributed by atoms with Gasteiger partial charge in [0, 0.05) is 16.1 Å². The number of aliphatic hydroxyl groups excluding tert-OH is 1. The number of aliphatic hydroxyl groups is 1. The number of halogens is 2. The van der Waals surface area contributed by atoms with E-state index in [0.29, 0.717) is 34.3 Å². The van der Waals surface area contributed by atoms with E-state index in [4.69, 9.17) is 32.7 Å². The quantitative estimate of drug-likeness (QED) is 0.238. The van der Waals surface area contributed by atoms with Gasteiger partial charge in [-0.1, -0.05) is 53.5 Å². The molecule has 35 heavy (non-hydrogen) atoms. The summed E-state index contributed by atoms with van der Waals surface area (Å²) in [6, 6.07) is 17.9. The zero-order valence-electron chi connectivity index (χ0n) is 19.1. The molecule has 1 fully saturated rings. The van der Waals surface area contributed by atoms with Crippen LogP contribution in [-0.4, -0.2) is 35.4 Å². The third kappa shape index (κ3) is 4.85. The first-order valence-electron chi connectivity index (χ1n) is 10.9. The lowest BCUT2D eigenvalue weighted by molar-refractivity contribution is -0.140. The van der Waals surface area contributed by atoms with E-state index in [-0.39, 0.29) is 28.5 Å². The molecule has 180 valence electrons. The maximum Gasteiger partial charge on any atom is 0.295 e. The van der Waals surface area contributed by atoms with E-state index in [9.17, 15) is 14.7 Å². The van der Waals surface area contributed by atoms with Crippen molar-refractivity contribution in [1.29, 1.82) is 0 Å². The fourth-order valence-corrected chi connectivity index (χ4v) is 4.47. The largest absolute Gasteiger partial charge is 0.507 e. The van der Waals surface area contributed by atoms with Gasteiger partial charge in [0.15, 0.2) is 0 Å². The number of nitrogens with zero attached hydrogens (tertiary/aromatic N) is 1. The lowest BCUT2D eigenvalue weighted by atomic mass is 9.95. The minimum Gasteiger partial charge on any atom is -0.507 e. The minimum absolute atomic E-state index is 0.0669.